The minimum atomic E-state index is -6.09. The Kier molecular flexibility index (Phi) is 6.39. The standard InChI is InChI=1S/C16H10F3NO10S/c1-28-15(23)11-7-9(3-5-13(11)30-31(26,27)16(17,18)19)29-8-2-4-12(20(24)25)10(6-8)14(21)22/h2-7H,1H3,(H,21,22). The smallest absolute Gasteiger partial charge is 0.477 e. The summed E-state index contributed by atoms with van der Waals surface area (Å²) >= 11 is 0. The highest BCUT2D eigenvalue weighted by molar-refractivity contribution is 7.88. The number of methoxy groups -OCH3 is 1. The van der Waals surface area contributed by atoms with Crippen molar-refractivity contribution >= 4 is 27.7 Å². The van der Waals surface area contributed by atoms with Crippen LogP contribution in [0.1, 0.15) is 20.7 Å². The number of halogens is 3. The summed E-state index contributed by atoms with van der Waals surface area (Å²) in [5, 5.41) is 20.0. The number of aromatic carboxylic acids is 1. The van der Waals surface area contributed by atoms with E-state index in [4.69, 9.17) is 9.84 Å². The first-order chi connectivity index (χ1) is 14.3. The third-order valence-corrected chi connectivity index (χ3v) is 4.44. The monoisotopic (exact) mass is 465 g/mol. The average molecular weight is 465 g/mol. The Bertz CT molecular complexity index is 1160. The van der Waals surface area contributed by atoms with Crippen LogP contribution in [-0.4, -0.2) is 43.0 Å². The van der Waals surface area contributed by atoms with E-state index in [0.717, 1.165) is 37.4 Å². The fourth-order valence-corrected chi connectivity index (χ4v) is 2.60. The Morgan fingerprint density at radius 2 is 1.61 bits per heavy atom. The van der Waals surface area contributed by atoms with Crippen LogP contribution in [0.5, 0.6) is 17.2 Å². The van der Waals surface area contributed by atoms with Gasteiger partial charge >= 0.3 is 27.6 Å². The topological polar surface area (TPSA) is 159 Å². The van der Waals surface area contributed by atoms with Gasteiger partial charge in [-0.25, -0.2) is 9.59 Å². The molecule has 11 nitrogen and oxygen atoms in total. The molecule has 15 heteroatoms. The van der Waals surface area contributed by atoms with Crippen molar-refractivity contribution in [1.29, 1.82) is 0 Å². The molecule has 0 aliphatic heterocycles. The molecule has 0 aliphatic carbocycles. The SMILES string of the molecule is COC(=O)c1cc(Oc2ccc([N+](=O)[O-])c(C(=O)O)c2)ccc1OS(=O)(=O)C(F)(F)F. The zero-order valence-corrected chi connectivity index (χ0v) is 15.9. The summed E-state index contributed by atoms with van der Waals surface area (Å²) in [6.07, 6.45) is 0. The third-order valence-electron chi connectivity index (χ3n) is 3.47. The van der Waals surface area contributed by atoms with Crippen molar-refractivity contribution < 1.29 is 54.9 Å². The molecule has 2 aromatic rings. The highest BCUT2D eigenvalue weighted by atomic mass is 32.2. The van der Waals surface area contributed by atoms with E-state index in [1.165, 1.54) is 0 Å². The minimum absolute atomic E-state index is 0.240. The van der Waals surface area contributed by atoms with Crippen LogP contribution in [0.3, 0.4) is 0 Å². The van der Waals surface area contributed by atoms with E-state index >= 15 is 0 Å². The Hall–Kier alpha value is -3.88. The molecule has 0 amide bonds. The van der Waals surface area contributed by atoms with Gasteiger partial charge in [0.15, 0.2) is 5.75 Å². The summed E-state index contributed by atoms with van der Waals surface area (Å²) in [5.41, 5.74) is -7.96. The summed E-state index contributed by atoms with van der Waals surface area (Å²) in [4.78, 5) is 33.0. The highest BCUT2D eigenvalue weighted by Crippen LogP contribution is 2.34. The predicted molar refractivity (Wildman–Crippen MR) is 93.5 cm³/mol. The first kappa shape index (κ1) is 23.4. The van der Waals surface area contributed by atoms with Crippen LogP contribution in [0.4, 0.5) is 18.9 Å². The number of rotatable bonds is 7. The van der Waals surface area contributed by atoms with Crippen molar-refractivity contribution in [3.63, 3.8) is 0 Å². The molecule has 0 saturated carbocycles. The lowest BCUT2D eigenvalue weighted by Gasteiger charge is -2.13. The van der Waals surface area contributed by atoms with Gasteiger partial charge in [-0.05, 0) is 24.3 Å². The summed E-state index contributed by atoms with van der Waals surface area (Å²) < 4.78 is 73.6. The first-order valence-corrected chi connectivity index (χ1v) is 9.10. The second-order valence-electron chi connectivity index (χ2n) is 5.48. The van der Waals surface area contributed by atoms with Crippen LogP contribution in [-0.2, 0) is 14.9 Å². The molecule has 0 radical (unpaired) electrons. The molecule has 31 heavy (non-hydrogen) atoms. The van der Waals surface area contributed by atoms with Gasteiger partial charge in [-0.15, -0.1) is 0 Å². The van der Waals surface area contributed by atoms with Gasteiger partial charge in [0, 0.05) is 12.1 Å². The molecule has 0 aromatic heterocycles. The summed E-state index contributed by atoms with van der Waals surface area (Å²) in [6.45, 7) is 0. The predicted octanol–water partition coefficient (Wildman–Crippen LogP) is 3.10. The lowest BCUT2D eigenvalue weighted by Crippen LogP contribution is -2.28. The first-order valence-electron chi connectivity index (χ1n) is 7.69. The molecule has 0 unspecified atom stereocenters. The van der Waals surface area contributed by atoms with Crippen LogP contribution in [0.15, 0.2) is 36.4 Å². The Labute approximate surface area is 170 Å². The van der Waals surface area contributed by atoms with Gasteiger partial charge < -0.3 is 18.8 Å². The van der Waals surface area contributed by atoms with Crippen LogP contribution >= 0.6 is 0 Å². The number of ether oxygens (including phenoxy) is 2. The minimum Gasteiger partial charge on any atom is -0.477 e. The quantitative estimate of drug-likeness (QED) is 0.212. The van der Waals surface area contributed by atoms with Crippen molar-refractivity contribution in [2.45, 2.75) is 5.51 Å². The molecule has 0 bridgehead atoms. The van der Waals surface area contributed by atoms with Gasteiger partial charge in [0.2, 0.25) is 0 Å². The maximum Gasteiger partial charge on any atom is 0.534 e. The van der Waals surface area contributed by atoms with Crippen LogP contribution < -0.4 is 8.92 Å². The van der Waals surface area contributed by atoms with Gasteiger partial charge in [-0.2, -0.15) is 21.6 Å². The van der Waals surface area contributed by atoms with E-state index in [2.05, 4.69) is 8.92 Å². The Balaban J connectivity index is 2.46. The second kappa shape index (κ2) is 8.47. The van der Waals surface area contributed by atoms with Crippen LogP contribution in [0, 0.1) is 10.1 Å². The molecule has 0 heterocycles. The normalized spacial score (nSPS) is 11.5. The summed E-state index contributed by atoms with van der Waals surface area (Å²) in [5.74, 6) is -4.43. The lowest BCUT2D eigenvalue weighted by molar-refractivity contribution is -0.385. The maximum absolute atomic E-state index is 12.5. The van der Waals surface area contributed by atoms with E-state index in [-0.39, 0.29) is 11.5 Å². The van der Waals surface area contributed by atoms with Crippen molar-refractivity contribution in [2.24, 2.45) is 0 Å². The van der Waals surface area contributed by atoms with Crippen LogP contribution in [0.25, 0.3) is 0 Å². The summed E-state index contributed by atoms with van der Waals surface area (Å²) in [7, 11) is -5.22. The fourth-order valence-electron chi connectivity index (χ4n) is 2.13. The number of carbonyl (C=O) groups excluding carboxylic acids is 1. The third kappa shape index (κ3) is 5.19. The van der Waals surface area contributed by atoms with E-state index in [1.807, 2.05) is 0 Å². The van der Waals surface area contributed by atoms with Crippen LogP contribution in [0.2, 0.25) is 0 Å². The van der Waals surface area contributed by atoms with Crippen molar-refractivity contribution in [2.75, 3.05) is 7.11 Å². The van der Waals surface area contributed by atoms with Crippen molar-refractivity contribution in [3.8, 4) is 17.2 Å². The number of benzene rings is 2. The molecule has 1 N–H and O–H groups in total. The number of carbonyl (C=O) groups is 2. The fraction of sp³-hybridized carbons (Fsp3) is 0.125. The van der Waals surface area contributed by atoms with Gasteiger partial charge in [0.05, 0.1) is 12.0 Å². The van der Waals surface area contributed by atoms with Gasteiger partial charge in [0.1, 0.15) is 22.6 Å². The van der Waals surface area contributed by atoms with E-state index < -0.39 is 55.1 Å². The molecule has 0 fully saturated rings. The largest absolute Gasteiger partial charge is 0.534 e. The molecule has 0 saturated heterocycles. The maximum atomic E-state index is 12.5. The second-order valence-corrected chi connectivity index (χ2v) is 7.01. The Morgan fingerprint density at radius 1 is 1.06 bits per heavy atom. The van der Waals surface area contributed by atoms with E-state index in [1.54, 1.807) is 0 Å². The number of esters is 1. The molecule has 0 spiro atoms. The van der Waals surface area contributed by atoms with Crippen molar-refractivity contribution in [1.82, 2.24) is 0 Å². The number of nitro benzene ring substituents is 1. The zero-order valence-electron chi connectivity index (χ0n) is 15.1. The summed E-state index contributed by atoms with van der Waals surface area (Å²) in [6, 6.07) is 5.03. The number of carboxylic acids is 1. The number of hydrogen-bond acceptors (Lipinski definition) is 9. The number of alkyl halides is 3. The molecule has 166 valence electrons. The molecular weight excluding hydrogens is 455 g/mol. The molecule has 2 rings (SSSR count). The Morgan fingerprint density at radius 3 is 2.10 bits per heavy atom. The number of carboxylic acid groups (broad SMARTS) is 1. The van der Waals surface area contributed by atoms with Gasteiger partial charge in [-0.1, -0.05) is 0 Å². The highest BCUT2D eigenvalue weighted by Gasteiger charge is 2.49. The number of nitrogens with zero attached hydrogens (tertiary/aromatic N) is 1. The van der Waals surface area contributed by atoms with E-state index in [0.29, 0.717) is 6.07 Å². The molecular formula is C16H10F3NO10S. The number of hydrogen-bond donors (Lipinski definition) is 1. The molecule has 0 aliphatic rings. The molecule has 0 atom stereocenters. The number of nitro groups is 1. The molecule has 2 aromatic carbocycles. The van der Waals surface area contributed by atoms with Gasteiger partial charge in [-0.3, -0.25) is 10.1 Å². The van der Waals surface area contributed by atoms with Crippen molar-refractivity contribution in [3.05, 3.63) is 57.6 Å². The lowest BCUT2D eigenvalue weighted by atomic mass is 10.1. The zero-order chi connectivity index (χ0) is 23.6. The van der Waals surface area contributed by atoms with E-state index in [9.17, 15) is 41.3 Å². The average Bonchev–Trinajstić information content (AvgIpc) is 2.67. The van der Waals surface area contributed by atoms with Gasteiger partial charge in [0.25, 0.3) is 5.69 Å².